The van der Waals surface area contributed by atoms with Crippen molar-refractivity contribution in [3.05, 3.63) is 108 Å². The number of halogens is 1. The van der Waals surface area contributed by atoms with Crippen LogP contribution in [0.15, 0.2) is 91.0 Å². The van der Waals surface area contributed by atoms with Crippen molar-refractivity contribution in [2.75, 3.05) is 6.16 Å². The molecule has 0 saturated heterocycles. The van der Waals surface area contributed by atoms with Crippen LogP contribution in [-0.4, -0.2) is 6.16 Å². The molecule has 3 aromatic rings. The zero-order valence-electron chi connectivity index (χ0n) is 19.5. The summed E-state index contributed by atoms with van der Waals surface area (Å²) in [6, 6.07) is 33.4. The maximum atomic E-state index is 2.32. The van der Waals surface area contributed by atoms with Gasteiger partial charge in [0.15, 0.2) is 0 Å². The number of hydrogen-bond donors (Lipinski definition) is 0. The lowest BCUT2D eigenvalue weighted by Crippen LogP contribution is -3.00. The third-order valence-corrected chi connectivity index (χ3v) is 7.10. The summed E-state index contributed by atoms with van der Waals surface area (Å²) < 4.78 is 0. The van der Waals surface area contributed by atoms with Crippen molar-refractivity contribution in [1.82, 2.24) is 0 Å². The molecule has 0 aliphatic heterocycles. The van der Waals surface area contributed by atoms with Gasteiger partial charge in [-0.3, -0.25) is 0 Å². The predicted octanol–water partition coefficient (Wildman–Crippen LogP) is 5.53. The van der Waals surface area contributed by atoms with Crippen molar-refractivity contribution in [2.45, 2.75) is 69.6 Å². The Hall–Kier alpha value is -1.43. The topological polar surface area (TPSA) is 0 Å². The third-order valence-electron chi connectivity index (χ3n) is 6.60. The minimum absolute atomic E-state index is 0. The fourth-order valence-electron chi connectivity index (χ4n) is 4.91. The monoisotopic (exact) mass is 510 g/mol. The smallest absolute Gasteiger partial charge is 0.0526 e. The highest BCUT2D eigenvalue weighted by molar-refractivity contribution is 7.16. The second-order valence-electron chi connectivity index (χ2n) is 8.79. The summed E-state index contributed by atoms with van der Waals surface area (Å²) >= 11 is 0. The first-order chi connectivity index (χ1) is 15.4. The van der Waals surface area contributed by atoms with E-state index >= 15 is 0 Å². The number of unbranched alkanes of at least 4 members (excludes halogenated alkanes) is 8. The Morgan fingerprint density at radius 2 is 0.750 bits per heavy atom. The Labute approximate surface area is 209 Å². The van der Waals surface area contributed by atoms with Crippen molar-refractivity contribution in [2.24, 2.45) is 0 Å². The van der Waals surface area contributed by atoms with E-state index in [1.165, 1.54) is 80.6 Å². The van der Waals surface area contributed by atoms with E-state index in [9.17, 15) is 0 Å². The van der Waals surface area contributed by atoms with E-state index in [0.717, 1.165) is 6.42 Å². The van der Waals surface area contributed by atoms with E-state index < -0.39 is 0 Å². The van der Waals surface area contributed by atoms with E-state index in [4.69, 9.17) is 0 Å². The van der Waals surface area contributed by atoms with Crippen LogP contribution in [0.2, 0.25) is 0 Å². The summed E-state index contributed by atoms with van der Waals surface area (Å²) in [6.07, 6.45) is 15.0. The van der Waals surface area contributed by atoms with Crippen molar-refractivity contribution < 1.29 is 17.0 Å². The molecule has 0 saturated carbocycles. The van der Waals surface area contributed by atoms with Crippen molar-refractivity contribution in [3.8, 4) is 0 Å². The number of hydrogen-bond acceptors (Lipinski definition) is 0. The fourth-order valence-corrected chi connectivity index (χ4v) is 5.26. The molecule has 1 atom stereocenters. The second-order valence-corrected chi connectivity index (χ2v) is 9.50. The van der Waals surface area contributed by atoms with Gasteiger partial charge in [0, 0.05) is 5.41 Å². The standard InChI is InChI=1S/C30H39P.BrH/c31-26-18-7-5-3-1-2-4-6-17-25-30(27-19-11-8-12-20-27,28-21-13-9-14-22-28)29-23-15-10-16-24-29;/h8-16,19-24H,1-7,17-18,25-26,31H2;1H. The highest BCUT2D eigenvalue weighted by atomic mass is 79.9. The van der Waals surface area contributed by atoms with Gasteiger partial charge in [-0.1, -0.05) is 136 Å². The second kappa shape index (κ2) is 15.4. The molecule has 0 fully saturated rings. The van der Waals surface area contributed by atoms with Gasteiger partial charge >= 0.3 is 0 Å². The minimum Gasteiger partial charge on any atom is -1.00 e. The molecule has 0 aliphatic rings. The minimum atomic E-state index is -0.0788. The van der Waals surface area contributed by atoms with Crippen LogP contribution in [-0.2, 0) is 5.41 Å². The van der Waals surface area contributed by atoms with Gasteiger partial charge in [-0.05, 0) is 45.2 Å². The van der Waals surface area contributed by atoms with E-state index in [2.05, 4.69) is 100 Å². The third kappa shape index (κ3) is 7.57. The molecular weight excluding hydrogens is 471 g/mol. The van der Waals surface area contributed by atoms with Crippen molar-refractivity contribution in [3.63, 3.8) is 0 Å². The molecule has 0 aromatic heterocycles. The Morgan fingerprint density at radius 1 is 0.438 bits per heavy atom. The Balaban J connectivity index is 0.00000363. The van der Waals surface area contributed by atoms with Crippen LogP contribution in [0.25, 0.3) is 0 Å². The van der Waals surface area contributed by atoms with Crippen LogP contribution in [0.3, 0.4) is 0 Å². The molecular formula is C30H40BrP. The van der Waals surface area contributed by atoms with Gasteiger partial charge in [0.2, 0.25) is 0 Å². The molecule has 0 heterocycles. The summed E-state index contributed by atoms with van der Waals surface area (Å²) in [6.45, 7) is 0. The van der Waals surface area contributed by atoms with Crippen LogP contribution in [0, 0.1) is 0 Å². The molecule has 0 N–H and O–H groups in total. The first-order valence-corrected chi connectivity index (χ1v) is 13.3. The summed E-state index contributed by atoms with van der Waals surface area (Å²) in [5, 5.41) is 0. The first-order valence-electron chi connectivity index (χ1n) is 12.3. The van der Waals surface area contributed by atoms with Gasteiger partial charge < -0.3 is 17.0 Å². The van der Waals surface area contributed by atoms with Gasteiger partial charge in [-0.15, -0.1) is 0 Å². The molecule has 0 radical (unpaired) electrons. The van der Waals surface area contributed by atoms with E-state index in [1.807, 2.05) is 0 Å². The quantitative estimate of drug-likeness (QED) is 0.152. The maximum Gasteiger partial charge on any atom is 0.0526 e. The van der Waals surface area contributed by atoms with E-state index in [1.54, 1.807) is 0 Å². The molecule has 0 aliphatic carbocycles. The van der Waals surface area contributed by atoms with Crippen LogP contribution in [0.1, 0.15) is 80.9 Å². The lowest BCUT2D eigenvalue weighted by molar-refractivity contribution is -0.00000621. The normalized spacial score (nSPS) is 11.2. The average molecular weight is 512 g/mol. The molecule has 0 nitrogen and oxygen atoms in total. The Bertz CT molecular complexity index is 736. The lowest BCUT2D eigenvalue weighted by Gasteiger charge is -2.36. The van der Waals surface area contributed by atoms with E-state index in [0.29, 0.717) is 0 Å². The van der Waals surface area contributed by atoms with Crippen molar-refractivity contribution in [1.29, 1.82) is 0 Å². The van der Waals surface area contributed by atoms with Gasteiger partial charge in [0.05, 0.1) is 6.16 Å². The molecule has 32 heavy (non-hydrogen) atoms. The fraction of sp³-hybridized carbons (Fsp3) is 0.400. The summed E-state index contributed by atoms with van der Waals surface area (Å²) in [5.41, 5.74) is 4.14. The molecule has 172 valence electrons. The molecule has 3 aromatic carbocycles. The van der Waals surface area contributed by atoms with Crippen LogP contribution >= 0.6 is 9.24 Å². The van der Waals surface area contributed by atoms with Crippen molar-refractivity contribution >= 4 is 9.24 Å². The molecule has 0 amide bonds. The van der Waals surface area contributed by atoms with Crippen LogP contribution in [0.5, 0.6) is 0 Å². The highest BCUT2D eigenvalue weighted by Crippen LogP contribution is 2.43. The van der Waals surface area contributed by atoms with Crippen LogP contribution in [0.4, 0.5) is 0 Å². The van der Waals surface area contributed by atoms with Gasteiger partial charge in [0.25, 0.3) is 0 Å². The maximum absolute atomic E-state index is 2.32. The zero-order valence-corrected chi connectivity index (χ0v) is 22.5. The summed E-state index contributed by atoms with van der Waals surface area (Å²) in [7, 11) is 2.11. The molecule has 0 bridgehead atoms. The SMILES string of the molecule is [Br-].[PH3+]CCCCCCCCCCCC(c1ccccc1)(c1ccccc1)c1ccccc1. The lowest BCUT2D eigenvalue weighted by atomic mass is 9.66. The van der Waals surface area contributed by atoms with Gasteiger partial charge in [0.1, 0.15) is 0 Å². The first kappa shape index (κ1) is 26.8. The highest BCUT2D eigenvalue weighted by Gasteiger charge is 2.35. The Morgan fingerprint density at radius 3 is 1.09 bits per heavy atom. The van der Waals surface area contributed by atoms with Gasteiger partial charge in [-0.2, -0.15) is 0 Å². The van der Waals surface area contributed by atoms with Crippen LogP contribution < -0.4 is 17.0 Å². The predicted molar refractivity (Wildman–Crippen MR) is 141 cm³/mol. The number of benzene rings is 3. The molecule has 0 spiro atoms. The zero-order chi connectivity index (χ0) is 21.6. The Kier molecular flexibility index (Phi) is 12.9. The molecule has 1 unspecified atom stereocenters. The summed E-state index contributed by atoms with van der Waals surface area (Å²) in [5.74, 6) is 0. The average Bonchev–Trinajstić information content (AvgIpc) is 2.84. The number of rotatable bonds is 14. The van der Waals surface area contributed by atoms with Gasteiger partial charge in [-0.25, -0.2) is 0 Å². The molecule has 2 heteroatoms. The molecule has 3 rings (SSSR count). The van der Waals surface area contributed by atoms with E-state index in [-0.39, 0.29) is 22.4 Å². The largest absolute Gasteiger partial charge is 1.00 e. The summed E-state index contributed by atoms with van der Waals surface area (Å²) in [4.78, 5) is 0.